The van der Waals surface area contributed by atoms with Crippen LogP contribution in [-0.2, 0) is 30.5 Å². The molecule has 5 nitrogen and oxygen atoms in total. The fraction of sp³-hybridized carbons (Fsp3) is 0.179. The molecule has 1 heterocycles. The van der Waals surface area contributed by atoms with Crippen LogP contribution >= 0.6 is 0 Å². The third-order valence-electron chi connectivity index (χ3n) is 6.01. The molecule has 1 aliphatic rings. The van der Waals surface area contributed by atoms with Gasteiger partial charge in [0.25, 0.3) is 0 Å². The maximum atomic E-state index is 12.9. The first-order chi connectivity index (χ1) is 16.0. The molecule has 0 bridgehead atoms. The van der Waals surface area contributed by atoms with Gasteiger partial charge in [-0.05, 0) is 48.6 Å². The Labute approximate surface area is 193 Å². The molecule has 1 aliphatic carbocycles. The van der Waals surface area contributed by atoms with E-state index in [4.69, 9.17) is 15.7 Å². The zero-order chi connectivity index (χ0) is 22.8. The lowest BCUT2D eigenvalue weighted by Gasteiger charge is -2.21. The van der Waals surface area contributed by atoms with Crippen LogP contribution in [0.3, 0.4) is 0 Å². The molecule has 1 amide bonds. The fourth-order valence-electron chi connectivity index (χ4n) is 4.28. The van der Waals surface area contributed by atoms with E-state index in [0.717, 1.165) is 52.3 Å². The summed E-state index contributed by atoms with van der Waals surface area (Å²) in [5.41, 5.74) is 14.9. The number of nitrogens with two attached hydrogens (primary N) is 1. The minimum atomic E-state index is -0.0913. The number of nitrogen functional groups attached to an aromatic ring is 1. The van der Waals surface area contributed by atoms with Gasteiger partial charge in [-0.2, -0.15) is 0 Å². The number of amides is 1. The third-order valence-corrected chi connectivity index (χ3v) is 6.01. The Kier molecular flexibility index (Phi) is 5.61. The Morgan fingerprint density at radius 2 is 1.73 bits per heavy atom. The topological polar surface area (TPSA) is 80.9 Å². The normalized spacial score (nSPS) is 12.0. The van der Waals surface area contributed by atoms with Crippen LogP contribution in [0.25, 0.3) is 11.3 Å². The second kappa shape index (κ2) is 8.87. The molecule has 0 atom stereocenters. The summed E-state index contributed by atoms with van der Waals surface area (Å²) < 4.78 is 0. The maximum Gasteiger partial charge on any atom is 0.229 e. The van der Waals surface area contributed by atoms with Crippen LogP contribution in [0.15, 0.2) is 72.8 Å². The second-order valence-electron chi connectivity index (χ2n) is 8.60. The van der Waals surface area contributed by atoms with E-state index in [1.807, 2.05) is 67.6 Å². The lowest BCUT2D eigenvalue weighted by atomic mass is 9.91. The largest absolute Gasteiger partial charge is 0.399 e. The number of aryl methyl sites for hydroxylation is 3. The quantitative estimate of drug-likeness (QED) is 0.438. The standard InChI is InChI=1S/C28H26N4O/c1-18-7-9-20(10-8-18)16-26(33)32-28-25(15-19-5-3-2-4-6-19)30-27-23-13-12-22(29)17-21(23)11-14-24(27)31-28/h2-10,12-13,17H,11,14-16,29H2,1H3,(H,31,32,33). The molecular formula is C28H26N4O. The number of hydrogen-bond acceptors (Lipinski definition) is 4. The first kappa shape index (κ1) is 20.9. The lowest BCUT2D eigenvalue weighted by molar-refractivity contribution is -0.115. The average molecular weight is 435 g/mol. The Morgan fingerprint density at radius 1 is 0.939 bits per heavy atom. The van der Waals surface area contributed by atoms with E-state index in [2.05, 4.69) is 17.4 Å². The van der Waals surface area contributed by atoms with Crippen LogP contribution in [0, 0.1) is 6.92 Å². The molecule has 3 N–H and O–H groups in total. The Hall–Kier alpha value is -3.99. The lowest BCUT2D eigenvalue weighted by Crippen LogP contribution is -2.20. The van der Waals surface area contributed by atoms with Crippen molar-refractivity contribution < 1.29 is 4.79 Å². The van der Waals surface area contributed by atoms with Gasteiger partial charge in [0.1, 0.15) is 0 Å². The Bertz CT molecular complexity index is 1310. The number of nitrogens with one attached hydrogen (secondary N) is 1. The molecule has 164 valence electrons. The zero-order valence-corrected chi connectivity index (χ0v) is 18.6. The molecule has 0 spiro atoms. The van der Waals surface area contributed by atoms with Crippen LogP contribution in [0.4, 0.5) is 11.5 Å². The highest BCUT2D eigenvalue weighted by atomic mass is 16.1. The number of anilines is 2. The molecule has 0 saturated carbocycles. The molecule has 0 unspecified atom stereocenters. The van der Waals surface area contributed by atoms with Crippen molar-refractivity contribution in [1.29, 1.82) is 0 Å². The molecule has 0 radical (unpaired) electrons. The second-order valence-corrected chi connectivity index (χ2v) is 8.60. The van der Waals surface area contributed by atoms with Gasteiger partial charge in [-0.25, -0.2) is 9.97 Å². The number of rotatable bonds is 5. The summed E-state index contributed by atoms with van der Waals surface area (Å²) in [6, 6.07) is 24.1. The van der Waals surface area contributed by atoms with Crippen molar-refractivity contribution >= 4 is 17.4 Å². The van der Waals surface area contributed by atoms with Gasteiger partial charge in [-0.1, -0.05) is 66.2 Å². The molecule has 5 rings (SSSR count). The molecule has 0 saturated heterocycles. The molecule has 5 heteroatoms. The molecule has 0 aliphatic heterocycles. The van der Waals surface area contributed by atoms with Crippen molar-refractivity contribution in [2.45, 2.75) is 32.6 Å². The number of benzene rings is 3. The van der Waals surface area contributed by atoms with Gasteiger partial charge in [-0.15, -0.1) is 0 Å². The van der Waals surface area contributed by atoms with E-state index in [1.165, 1.54) is 11.1 Å². The predicted molar refractivity (Wildman–Crippen MR) is 132 cm³/mol. The van der Waals surface area contributed by atoms with E-state index in [0.29, 0.717) is 18.7 Å². The first-order valence-electron chi connectivity index (χ1n) is 11.2. The fourth-order valence-corrected chi connectivity index (χ4v) is 4.28. The summed E-state index contributed by atoms with van der Waals surface area (Å²) in [6.07, 6.45) is 2.51. The van der Waals surface area contributed by atoms with Gasteiger partial charge >= 0.3 is 0 Å². The summed E-state index contributed by atoms with van der Waals surface area (Å²) in [5.74, 6) is 0.458. The van der Waals surface area contributed by atoms with Gasteiger partial charge in [0.05, 0.1) is 23.5 Å². The van der Waals surface area contributed by atoms with Crippen molar-refractivity contribution in [2.75, 3.05) is 11.1 Å². The maximum absolute atomic E-state index is 12.9. The minimum Gasteiger partial charge on any atom is -0.399 e. The molecule has 33 heavy (non-hydrogen) atoms. The van der Waals surface area contributed by atoms with Gasteiger partial charge in [0, 0.05) is 17.7 Å². The van der Waals surface area contributed by atoms with Gasteiger partial charge in [0.2, 0.25) is 5.91 Å². The van der Waals surface area contributed by atoms with Crippen LogP contribution < -0.4 is 11.1 Å². The van der Waals surface area contributed by atoms with Crippen molar-refractivity contribution in [2.24, 2.45) is 0 Å². The van der Waals surface area contributed by atoms with Crippen LogP contribution in [0.2, 0.25) is 0 Å². The van der Waals surface area contributed by atoms with E-state index >= 15 is 0 Å². The Morgan fingerprint density at radius 3 is 2.52 bits per heavy atom. The molecule has 4 aromatic rings. The van der Waals surface area contributed by atoms with Gasteiger partial charge < -0.3 is 11.1 Å². The summed E-state index contributed by atoms with van der Waals surface area (Å²) in [4.78, 5) is 22.8. The summed E-state index contributed by atoms with van der Waals surface area (Å²) >= 11 is 0. The minimum absolute atomic E-state index is 0.0913. The molecular weight excluding hydrogens is 408 g/mol. The van der Waals surface area contributed by atoms with Crippen LogP contribution in [0.1, 0.15) is 33.6 Å². The Balaban J connectivity index is 1.50. The zero-order valence-electron chi connectivity index (χ0n) is 18.6. The van der Waals surface area contributed by atoms with Crippen molar-refractivity contribution in [1.82, 2.24) is 9.97 Å². The van der Waals surface area contributed by atoms with Crippen molar-refractivity contribution in [3.63, 3.8) is 0 Å². The van der Waals surface area contributed by atoms with Gasteiger partial charge in [0.15, 0.2) is 5.82 Å². The average Bonchev–Trinajstić information content (AvgIpc) is 2.81. The number of carbonyl (C=O) groups excluding carboxylic acids is 1. The molecule has 0 fully saturated rings. The van der Waals surface area contributed by atoms with Crippen molar-refractivity contribution in [3.05, 3.63) is 106 Å². The predicted octanol–water partition coefficient (Wildman–Crippen LogP) is 4.90. The smallest absolute Gasteiger partial charge is 0.229 e. The van der Waals surface area contributed by atoms with E-state index in [-0.39, 0.29) is 5.91 Å². The van der Waals surface area contributed by atoms with E-state index in [9.17, 15) is 4.79 Å². The number of fused-ring (bicyclic) bond motifs is 3. The van der Waals surface area contributed by atoms with Crippen molar-refractivity contribution in [3.8, 4) is 11.3 Å². The van der Waals surface area contributed by atoms with Crippen LogP contribution in [0.5, 0.6) is 0 Å². The summed E-state index contributed by atoms with van der Waals surface area (Å²) in [6.45, 7) is 2.04. The highest BCUT2D eigenvalue weighted by Gasteiger charge is 2.22. The van der Waals surface area contributed by atoms with Gasteiger partial charge in [-0.3, -0.25) is 4.79 Å². The summed E-state index contributed by atoms with van der Waals surface area (Å²) in [7, 11) is 0. The summed E-state index contributed by atoms with van der Waals surface area (Å²) in [5, 5.41) is 3.04. The third kappa shape index (κ3) is 4.62. The van der Waals surface area contributed by atoms with Crippen LogP contribution in [-0.4, -0.2) is 15.9 Å². The number of carbonyl (C=O) groups is 1. The first-order valence-corrected chi connectivity index (χ1v) is 11.2. The van der Waals surface area contributed by atoms with E-state index in [1.54, 1.807) is 0 Å². The molecule has 3 aromatic carbocycles. The van der Waals surface area contributed by atoms with E-state index < -0.39 is 0 Å². The number of aromatic nitrogens is 2. The number of nitrogens with zero attached hydrogens (tertiary/aromatic N) is 2. The monoisotopic (exact) mass is 434 g/mol. The highest BCUT2D eigenvalue weighted by molar-refractivity contribution is 5.92. The molecule has 1 aromatic heterocycles. The SMILES string of the molecule is Cc1ccc(CC(=O)Nc2nc3c(nc2Cc2ccccc2)-c2ccc(N)cc2CC3)cc1. The highest BCUT2D eigenvalue weighted by Crippen LogP contribution is 2.34. The number of hydrogen-bond donors (Lipinski definition) is 2.